The van der Waals surface area contributed by atoms with Gasteiger partial charge in [0, 0.05) is 6.54 Å². The van der Waals surface area contributed by atoms with E-state index in [2.05, 4.69) is 4.72 Å². The first kappa shape index (κ1) is 13.6. The van der Waals surface area contributed by atoms with Crippen molar-refractivity contribution in [2.75, 3.05) is 6.54 Å². The van der Waals surface area contributed by atoms with E-state index < -0.39 is 27.4 Å². The molecule has 1 aromatic rings. The topological polar surface area (TPSA) is 83.5 Å². The Hall–Kier alpha value is -1.47. The minimum atomic E-state index is -3.79. The predicted octanol–water partition coefficient (Wildman–Crippen LogP) is 1.13. The molecule has 0 saturated heterocycles. The number of hydrogen-bond acceptors (Lipinski definition) is 3. The molecule has 0 aliphatic carbocycles. The van der Waals surface area contributed by atoms with Crippen LogP contribution in [0.3, 0.4) is 0 Å². The van der Waals surface area contributed by atoms with Crippen molar-refractivity contribution < 1.29 is 22.7 Å². The maximum Gasteiger partial charge on any atom is 0.338 e. The summed E-state index contributed by atoms with van der Waals surface area (Å²) >= 11 is 0. The number of carboxylic acids is 1. The molecule has 94 valence electrons. The molecule has 1 aromatic carbocycles. The third-order valence-electron chi connectivity index (χ3n) is 2.10. The van der Waals surface area contributed by atoms with Gasteiger partial charge in [-0.1, -0.05) is 6.92 Å². The molecule has 7 heteroatoms. The lowest BCUT2D eigenvalue weighted by molar-refractivity contribution is 0.0691. The van der Waals surface area contributed by atoms with E-state index in [4.69, 9.17) is 5.11 Å². The van der Waals surface area contributed by atoms with E-state index in [0.717, 1.165) is 12.1 Å². The van der Waals surface area contributed by atoms with Crippen molar-refractivity contribution in [1.82, 2.24) is 4.72 Å². The Bertz CT molecular complexity index is 554. The quantitative estimate of drug-likeness (QED) is 0.851. The number of rotatable bonds is 4. The molecule has 0 spiro atoms. The summed E-state index contributed by atoms with van der Waals surface area (Å²) < 4.78 is 38.9. The highest BCUT2D eigenvalue weighted by atomic mass is 32.2. The van der Waals surface area contributed by atoms with Gasteiger partial charge in [-0.2, -0.15) is 0 Å². The molecule has 0 atom stereocenters. The first-order valence-electron chi connectivity index (χ1n) is 4.82. The van der Waals surface area contributed by atoms with Crippen molar-refractivity contribution in [2.24, 2.45) is 0 Å². The van der Waals surface area contributed by atoms with Gasteiger partial charge in [-0.15, -0.1) is 0 Å². The Morgan fingerprint density at radius 1 is 1.47 bits per heavy atom. The highest BCUT2D eigenvalue weighted by molar-refractivity contribution is 7.89. The fourth-order valence-electron chi connectivity index (χ4n) is 1.32. The Morgan fingerprint density at radius 3 is 2.53 bits per heavy atom. The van der Waals surface area contributed by atoms with Crippen molar-refractivity contribution in [3.05, 3.63) is 29.1 Å². The number of halogens is 1. The average molecular weight is 261 g/mol. The summed E-state index contributed by atoms with van der Waals surface area (Å²) in [7, 11) is -3.79. The summed E-state index contributed by atoms with van der Waals surface area (Å²) in [6, 6.07) is 1.91. The molecule has 17 heavy (non-hydrogen) atoms. The monoisotopic (exact) mass is 261 g/mol. The smallest absolute Gasteiger partial charge is 0.338 e. The molecule has 0 radical (unpaired) electrons. The van der Waals surface area contributed by atoms with Gasteiger partial charge in [0.05, 0.1) is 10.5 Å². The van der Waals surface area contributed by atoms with Crippen LogP contribution in [0.2, 0.25) is 0 Å². The second kappa shape index (κ2) is 4.80. The summed E-state index contributed by atoms with van der Waals surface area (Å²) in [5.74, 6) is -2.42. The van der Waals surface area contributed by atoms with Crippen LogP contribution >= 0.6 is 0 Å². The van der Waals surface area contributed by atoms with Crippen LogP contribution in [-0.2, 0) is 10.0 Å². The molecule has 0 fully saturated rings. The number of carboxylic acid groups (broad SMARTS) is 1. The van der Waals surface area contributed by atoms with E-state index >= 15 is 0 Å². The molecular weight excluding hydrogens is 249 g/mol. The fourth-order valence-corrected chi connectivity index (χ4v) is 2.47. The Labute approximate surface area is 98.3 Å². The van der Waals surface area contributed by atoms with Gasteiger partial charge < -0.3 is 5.11 Å². The van der Waals surface area contributed by atoms with Crippen LogP contribution in [0.4, 0.5) is 4.39 Å². The number of benzene rings is 1. The predicted molar refractivity (Wildman–Crippen MR) is 59.0 cm³/mol. The highest BCUT2D eigenvalue weighted by Gasteiger charge is 2.20. The van der Waals surface area contributed by atoms with Crippen LogP contribution in [0.1, 0.15) is 22.8 Å². The van der Waals surface area contributed by atoms with Crippen LogP contribution in [0.25, 0.3) is 0 Å². The van der Waals surface area contributed by atoms with E-state index in [9.17, 15) is 17.6 Å². The standard InChI is InChI=1S/C10H12FNO4S/c1-3-12-17(15,16)7-4-6(2)9(11)8(5-7)10(13)14/h4-5,12H,3H2,1-2H3,(H,13,14). The zero-order valence-corrected chi connectivity index (χ0v) is 10.1. The fraction of sp³-hybridized carbons (Fsp3) is 0.300. The summed E-state index contributed by atoms with van der Waals surface area (Å²) in [5, 5.41) is 8.75. The molecule has 0 amide bonds. The van der Waals surface area contributed by atoms with Crippen LogP contribution in [0.15, 0.2) is 17.0 Å². The lowest BCUT2D eigenvalue weighted by Gasteiger charge is -2.08. The zero-order chi connectivity index (χ0) is 13.2. The van der Waals surface area contributed by atoms with Gasteiger partial charge in [0.2, 0.25) is 10.0 Å². The van der Waals surface area contributed by atoms with Gasteiger partial charge in [-0.05, 0) is 24.6 Å². The van der Waals surface area contributed by atoms with Crippen LogP contribution < -0.4 is 4.72 Å². The van der Waals surface area contributed by atoms with Gasteiger partial charge >= 0.3 is 5.97 Å². The van der Waals surface area contributed by atoms with E-state index in [-0.39, 0.29) is 17.0 Å². The number of aromatic carboxylic acids is 1. The van der Waals surface area contributed by atoms with Gasteiger partial charge in [-0.3, -0.25) is 0 Å². The first-order valence-corrected chi connectivity index (χ1v) is 6.31. The molecule has 2 N–H and O–H groups in total. The van der Waals surface area contributed by atoms with Crippen LogP contribution in [0, 0.1) is 12.7 Å². The van der Waals surface area contributed by atoms with Crippen molar-refractivity contribution in [3.8, 4) is 0 Å². The minimum absolute atomic E-state index is 0.0265. The second-order valence-corrected chi connectivity index (χ2v) is 5.18. The molecule has 0 aromatic heterocycles. The van der Waals surface area contributed by atoms with E-state index in [1.165, 1.54) is 6.92 Å². The second-order valence-electron chi connectivity index (χ2n) is 3.41. The Kier molecular flexibility index (Phi) is 3.84. The van der Waals surface area contributed by atoms with Crippen molar-refractivity contribution in [2.45, 2.75) is 18.7 Å². The largest absolute Gasteiger partial charge is 0.478 e. The maximum atomic E-state index is 13.4. The van der Waals surface area contributed by atoms with Crippen molar-refractivity contribution in [3.63, 3.8) is 0 Å². The SMILES string of the molecule is CCNS(=O)(=O)c1cc(C)c(F)c(C(=O)O)c1. The van der Waals surface area contributed by atoms with Gasteiger partial charge in [0.25, 0.3) is 0 Å². The lowest BCUT2D eigenvalue weighted by Crippen LogP contribution is -2.23. The lowest BCUT2D eigenvalue weighted by atomic mass is 10.1. The minimum Gasteiger partial charge on any atom is -0.478 e. The van der Waals surface area contributed by atoms with Gasteiger partial charge in [-0.25, -0.2) is 22.3 Å². The molecule has 0 saturated carbocycles. The number of carbonyl (C=O) groups is 1. The Morgan fingerprint density at radius 2 is 2.06 bits per heavy atom. The molecule has 0 aliphatic rings. The summed E-state index contributed by atoms with van der Waals surface area (Å²) in [4.78, 5) is 10.5. The van der Waals surface area contributed by atoms with Crippen molar-refractivity contribution >= 4 is 16.0 Å². The molecule has 1 rings (SSSR count). The van der Waals surface area contributed by atoms with Gasteiger partial charge in [0.1, 0.15) is 5.82 Å². The van der Waals surface area contributed by atoms with Crippen LogP contribution in [-0.4, -0.2) is 26.0 Å². The summed E-state index contributed by atoms with van der Waals surface area (Å²) in [5.41, 5.74) is -0.678. The molecular formula is C10H12FNO4S. The number of sulfonamides is 1. The van der Waals surface area contributed by atoms with E-state index in [1.807, 2.05) is 0 Å². The third kappa shape index (κ3) is 2.80. The van der Waals surface area contributed by atoms with E-state index in [0.29, 0.717) is 0 Å². The molecule has 0 heterocycles. The molecule has 0 bridgehead atoms. The molecule has 5 nitrogen and oxygen atoms in total. The number of hydrogen-bond donors (Lipinski definition) is 2. The number of nitrogens with one attached hydrogen (secondary N) is 1. The molecule has 0 aliphatic heterocycles. The third-order valence-corrected chi connectivity index (χ3v) is 3.63. The normalized spacial score (nSPS) is 11.5. The zero-order valence-electron chi connectivity index (χ0n) is 9.32. The van der Waals surface area contributed by atoms with Crippen molar-refractivity contribution in [1.29, 1.82) is 0 Å². The molecule has 0 unspecified atom stereocenters. The van der Waals surface area contributed by atoms with E-state index in [1.54, 1.807) is 6.92 Å². The number of aryl methyl sites for hydroxylation is 1. The first-order chi connectivity index (χ1) is 7.79. The summed E-state index contributed by atoms with van der Waals surface area (Å²) in [6.07, 6.45) is 0. The Balaban J connectivity index is 3.44. The van der Waals surface area contributed by atoms with Crippen LogP contribution in [0.5, 0.6) is 0 Å². The summed E-state index contributed by atoms with van der Waals surface area (Å²) in [6.45, 7) is 3.07. The highest BCUT2D eigenvalue weighted by Crippen LogP contribution is 2.19. The van der Waals surface area contributed by atoms with Gasteiger partial charge in [0.15, 0.2) is 0 Å². The average Bonchev–Trinajstić information content (AvgIpc) is 2.21. The maximum absolute atomic E-state index is 13.4.